The number of aryl methyl sites for hydroxylation is 1. The van der Waals surface area contributed by atoms with E-state index in [1.54, 1.807) is 0 Å². The highest BCUT2D eigenvalue weighted by molar-refractivity contribution is 6.10. The highest BCUT2D eigenvalue weighted by Crippen LogP contribution is 2.54. The number of benzene rings is 1. The first-order valence-corrected chi connectivity index (χ1v) is 14.1. The van der Waals surface area contributed by atoms with E-state index in [4.69, 9.17) is 0 Å². The van der Waals surface area contributed by atoms with Crippen molar-refractivity contribution in [3.05, 3.63) is 28.3 Å². The molecule has 40 heavy (non-hydrogen) atoms. The summed E-state index contributed by atoms with van der Waals surface area (Å²) in [7, 11) is 5.61. The van der Waals surface area contributed by atoms with Gasteiger partial charge in [-0.1, -0.05) is 0 Å². The van der Waals surface area contributed by atoms with Gasteiger partial charge >= 0.3 is 0 Å². The van der Waals surface area contributed by atoms with Crippen molar-refractivity contribution in [2.24, 2.45) is 17.8 Å². The number of likely N-dealkylation sites (tertiary alicyclic amines) is 1. The van der Waals surface area contributed by atoms with Crippen LogP contribution < -0.4 is 4.90 Å². The molecule has 0 aromatic heterocycles. The molecule has 0 radical (unpaired) electrons. The van der Waals surface area contributed by atoms with Crippen LogP contribution >= 0.6 is 0 Å². The van der Waals surface area contributed by atoms with Crippen molar-refractivity contribution in [1.29, 1.82) is 0 Å². The summed E-state index contributed by atoms with van der Waals surface area (Å²) in [4.78, 5) is 42.9. The lowest BCUT2D eigenvalue weighted by atomic mass is 9.55. The quantitative estimate of drug-likeness (QED) is 0.344. The molecule has 0 bridgehead atoms. The van der Waals surface area contributed by atoms with Crippen LogP contribution in [0.1, 0.15) is 55.7 Å². The fourth-order valence-electron chi connectivity index (χ4n) is 7.71. The molecule has 1 aliphatic heterocycles. The number of aromatic hydroxyl groups is 1. The average molecular weight is 557 g/mol. The van der Waals surface area contributed by atoms with Gasteiger partial charge in [0.25, 0.3) is 0 Å². The molecule has 1 saturated heterocycles. The number of Topliss-reactive ketones (excluding diaryl/α,β-unsaturated/α-hetero) is 3. The molecule has 0 amide bonds. The minimum atomic E-state index is -2.34. The van der Waals surface area contributed by atoms with Crippen molar-refractivity contribution in [2.45, 2.75) is 75.7 Å². The number of anilines is 1. The molecule has 10 heteroatoms. The zero-order chi connectivity index (χ0) is 29.3. The Morgan fingerprint density at radius 3 is 2.48 bits per heavy atom. The molecule has 2 saturated carbocycles. The van der Waals surface area contributed by atoms with Gasteiger partial charge in [-0.25, -0.2) is 0 Å². The van der Waals surface area contributed by atoms with Gasteiger partial charge in [-0.2, -0.15) is 0 Å². The Kier molecular flexibility index (Phi) is 7.35. The standard InChI is InChI=1S/C30H40N2O8/c1-14(33)23-22(35)13-17-10-16-11-18-20(31(2)3)12-15(7-8-21(34)19-6-5-9-32(19)4)26(36)25(18)27(37)24(16)29(39)30(17,40)28(23)38/h12,16-17,19,22-23,28,35-38,40H,5-11,13H2,1-4H3/t16-,17+,19?,22?,23?,28?,30-/m1/s1. The molecule has 3 aliphatic carbocycles. The van der Waals surface area contributed by atoms with E-state index in [0.717, 1.165) is 25.1 Å². The summed E-state index contributed by atoms with van der Waals surface area (Å²) in [5, 5.41) is 56.1. The zero-order valence-corrected chi connectivity index (χ0v) is 23.6. The van der Waals surface area contributed by atoms with Crippen LogP contribution in [0.15, 0.2) is 11.6 Å². The Hall–Kier alpha value is -2.79. The summed E-state index contributed by atoms with van der Waals surface area (Å²) in [5.74, 6) is -4.62. The van der Waals surface area contributed by atoms with E-state index in [1.165, 1.54) is 6.92 Å². The van der Waals surface area contributed by atoms with Crippen molar-refractivity contribution in [3.63, 3.8) is 0 Å². The maximum absolute atomic E-state index is 13.9. The number of ketones is 3. The number of likely N-dealkylation sites (N-methyl/N-ethyl adjacent to an activating group) is 1. The molecular formula is C30H40N2O8. The van der Waals surface area contributed by atoms with Crippen molar-refractivity contribution in [3.8, 4) is 5.75 Å². The highest BCUT2D eigenvalue weighted by Gasteiger charge is 2.63. The molecular weight excluding hydrogens is 516 g/mol. The van der Waals surface area contributed by atoms with Crippen LogP contribution in [0.4, 0.5) is 5.69 Å². The topological polar surface area (TPSA) is 159 Å². The number of fused-ring (bicyclic) bond motifs is 3. The van der Waals surface area contributed by atoms with E-state index in [0.29, 0.717) is 17.5 Å². The highest BCUT2D eigenvalue weighted by atomic mass is 16.4. The van der Waals surface area contributed by atoms with Crippen LogP contribution in [0.3, 0.4) is 0 Å². The number of carbonyl (C=O) groups is 3. The van der Waals surface area contributed by atoms with Crippen LogP contribution in [-0.4, -0.2) is 99.3 Å². The Bertz CT molecular complexity index is 1290. The normalized spacial score (nSPS) is 33.8. The second-order valence-electron chi connectivity index (χ2n) is 12.4. The number of aliphatic hydroxyl groups excluding tert-OH is 3. The number of hydrogen-bond donors (Lipinski definition) is 5. The third-order valence-electron chi connectivity index (χ3n) is 9.83. The van der Waals surface area contributed by atoms with Gasteiger partial charge in [0.15, 0.2) is 11.4 Å². The third kappa shape index (κ3) is 4.27. The van der Waals surface area contributed by atoms with E-state index < -0.39 is 52.9 Å². The Balaban J connectivity index is 1.55. The fraction of sp³-hybridized carbons (Fsp3) is 0.633. The molecule has 10 nitrogen and oxygen atoms in total. The molecule has 1 aromatic rings. The first-order chi connectivity index (χ1) is 18.8. The van der Waals surface area contributed by atoms with E-state index in [1.807, 2.05) is 37.0 Å². The van der Waals surface area contributed by atoms with Crippen LogP contribution in [0, 0.1) is 17.8 Å². The SMILES string of the molecule is CC(=O)C1C(O)C[C@@H]2C[C@@H]3Cc4c(N(C)C)cc(CCC(=O)C5CCCN5C)c(O)c4C(O)=C3C(=O)[C@]2(O)C1O. The first kappa shape index (κ1) is 28.7. The number of aliphatic hydroxyl groups is 4. The predicted octanol–water partition coefficient (Wildman–Crippen LogP) is 1.15. The van der Waals surface area contributed by atoms with Gasteiger partial charge in [0.2, 0.25) is 0 Å². The summed E-state index contributed by atoms with van der Waals surface area (Å²) in [6, 6.07) is 1.68. The predicted molar refractivity (Wildman–Crippen MR) is 147 cm³/mol. The van der Waals surface area contributed by atoms with Crippen molar-refractivity contribution in [2.75, 3.05) is 32.6 Å². The van der Waals surface area contributed by atoms with Gasteiger partial charge in [-0.15, -0.1) is 0 Å². The lowest BCUT2D eigenvalue weighted by Gasteiger charge is -2.52. The maximum atomic E-state index is 13.9. The smallest absolute Gasteiger partial charge is 0.197 e. The monoisotopic (exact) mass is 556 g/mol. The molecule has 4 unspecified atom stereocenters. The number of phenolic OH excluding ortho intramolecular Hbond substituents is 1. The minimum absolute atomic E-state index is 0.0319. The molecule has 5 N–H and O–H groups in total. The van der Waals surface area contributed by atoms with Gasteiger partial charge in [-0.3, -0.25) is 19.3 Å². The molecule has 1 aromatic carbocycles. The molecule has 7 atom stereocenters. The summed E-state index contributed by atoms with van der Waals surface area (Å²) in [6.45, 7) is 2.07. The molecule has 1 heterocycles. The van der Waals surface area contributed by atoms with Crippen LogP contribution in [0.5, 0.6) is 5.75 Å². The Morgan fingerprint density at radius 1 is 1.18 bits per heavy atom. The van der Waals surface area contributed by atoms with Crippen molar-refractivity contribution >= 4 is 28.8 Å². The second kappa shape index (κ2) is 10.2. The maximum Gasteiger partial charge on any atom is 0.197 e. The van der Waals surface area contributed by atoms with E-state index in [2.05, 4.69) is 0 Å². The van der Waals surface area contributed by atoms with Gasteiger partial charge in [0, 0.05) is 37.7 Å². The second-order valence-corrected chi connectivity index (χ2v) is 12.4. The van der Waals surface area contributed by atoms with Gasteiger partial charge in [0.1, 0.15) is 29.2 Å². The van der Waals surface area contributed by atoms with Crippen LogP contribution in [-0.2, 0) is 27.2 Å². The minimum Gasteiger partial charge on any atom is -0.507 e. The van der Waals surface area contributed by atoms with Crippen molar-refractivity contribution < 1.29 is 39.9 Å². The average Bonchev–Trinajstić information content (AvgIpc) is 3.31. The fourth-order valence-corrected chi connectivity index (χ4v) is 7.71. The van der Waals surface area contributed by atoms with E-state index in [-0.39, 0.29) is 54.4 Å². The Morgan fingerprint density at radius 2 is 1.88 bits per heavy atom. The number of carbonyl (C=O) groups excluding carboxylic acids is 3. The van der Waals surface area contributed by atoms with Crippen molar-refractivity contribution in [1.82, 2.24) is 4.90 Å². The van der Waals surface area contributed by atoms with E-state index in [9.17, 15) is 39.9 Å². The lowest BCUT2D eigenvalue weighted by molar-refractivity contribution is -0.199. The first-order valence-electron chi connectivity index (χ1n) is 14.1. The number of phenols is 1. The Labute approximate surface area is 233 Å². The van der Waals surface area contributed by atoms with Crippen LogP contribution in [0.25, 0.3) is 5.76 Å². The number of nitrogens with zero attached hydrogens (tertiary/aromatic N) is 2. The lowest BCUT2D eigenvalue weighted by Crippen LogP contribution is -2.67. The number of rotatable bonds is 6. The summed E-state index contributed by atoms with van der Waals surface area (Å²) < 4.78 is 0. The molecule has 3 fully saturated rings. The van der Waals surface area contributed by atoms with E-state index >= 15 is 0 Å². The third-order valence-corrected chi connectivity index (χ3v) is 9.83. The number of hydrogen-bond acceptors (Lipinski definition) is 10. The molecule has 5 rings (SSSR count). The largest absolute Gasteiger partial charge is 0.507 e. The van der Waals surface area contributed by atoms with Crippen LogP contribution in [0.2, 0.25) is 0 Å². The molecule has 4 aliphatic rings. The van der Waals surface area contributed by atoms with Gasteiger partial charge < -0.3 is 30.4 Å². The van der Waals surface area contributed by atoms with Gasteiger partial charge in [0.05, 0.1) is 23.6 Å². The summed E-state index contributed by atoms with van der Waals surface area (Å²) >= 11 is 0. The van der Waals surface area contributed by atoms with Gasteiger partial charge in [-0.05, 0) is 82.2 Å². The zero-order valence-electron chi connectivity index (χ0n) is 23.6. The summed E-state index contributed by atoms with van der Waals surface area (Å²) in [5.41, 5.74) is -0.459. The molecule has 0 spiro atoms. The molecule has 218 valence electrons. The summed E-state index contributed by atoms with van der Waals surface area (Å²) in [6.07, 6.45) is -0.310.